The number of amides is 3. The molecule has 27 heavy (non-hydrogen) atoms. The second-order valence-corrected chi connectivity index (χ2v) is 6.40. The molecule has 0 saturated heterocycles. The molecule has 0 aromatic heterocycles. The highest BCUT2D eigenvalue weighted by atomic mass is 35.5. The van der Waals surface area contributed by atoms with Crippen LogP contribution in [0.25, 0.3) is 0 Å². The maximum Gasteiger partial charge on any atom is 0.319 e. The van der Waals surface area contributed by atoms with Crippen molar-refractivity contribution < 1.29 is 19.4 Å². The van der Waals surface area contributed by atoms with Gasteiger partial charge in [-0.05, 0) is 42.8 Å². The molecule has 1 atom stereocenters. The molecule has 0 bridgehead atoms. The van der Waals surface area contributed by atoms with Gasteiger partial charge in [-0.1, -0.05) is 23.7 Å². The van der Waals surface area contributed by atoms with Gasteiger partial charge in [0.2, 0.25) is 0 Å². The molecule has 4 N–H and O–H groups in total. The minimum absolute atomic E-state index is 0.0351. The zero-order valence-electron chi connectivity index (χ0n) is 14.7. The number of rotatable bonds is 4. The van der Waals surface area contributed by atoms with Crippen LogP contribution in [0.4, 0.5) is 10.5 Å². The van der Waals surface area contributed by atoms with Crippen molar-refractivity contribution in [2.75, 3.05) is 12.4 Å². The molecule has 2 aromatic carbocycles. The number of phenols is 1. The maximum absolute atomic E-state index is 12.9. The van der Waals surface area contributed by atoms with Crippen molar-refractivity contribution in [3.63, 3.8) is 0 Å². The van der Waals surface area contributed by atoms with Gasteiger partial charge in [0.15, 0.2) is 11.5 Å². The lowest BCUT2D eigenvalue weighted by Gasteiger charge is -2.29. The van der Waals surface area contributed by atoms with E-state index in [0.717, 1.165) is 0 Å². The lowest BCUT2D eigenvalue weighted by Crippen LogP contribution is -2.45. The summed E-state index contributed by atoms with van der Waals surface area (Å²) in [4.78, 5) is 24.9. The van der Waals surface area contributed by atoms with E-state index in [2.05, 4.69) is 16.0 Å². The molecule has 8 heteroatoms. The van der Waals surface area contributed by atoms with Crippen molar-refractivity contribution in [3.8, 4) is 11.5 Å². The number of hydrogen-bond acceptors (Lipinski definition) is 4. The normalized spacial score (nSPS) is 16.4. The SMILES string of the molecule is COc1cc([C@H]2NC(=O)NC(C)=C2C(=O)Nc2cccc(Cl)c2)ccc1O. The van der Waals surface area contributed by atoms with E-state index in [0.29, 0.717) is 27.5 Å². The highest BCUT2D eigenvalue weighted by molar-refractivity contribution is 6.31. The highest BCUT2D eigenvalue weighted by Gasteiger charge is 2.31. The lowest BCUT2D eigenvalue weighted by molar-refractivity contribution is -0.113. The molecular formula is C19H18ClN3O4. The Hall–Kier alpha value is -3.19. The first-order valence-corrected chi connectivity index (χ1v) is 8.49. The summed E-state index contributed by atoms with van der Waals surface area (Å²) >= 11 is 5.96. The van der Waals surface area contributed by atoms with E-state index in [4.69, 9.17) is 16.3 Å². The molecule has 3 rings (SSSR count). The molecule has 140 valence electrons. The van der Waals surface area contributed by atoms with Crippen molar-refractivity contribution in [3.05, 3.63) is 64.3 Å². The molecule has 0 spiro atoms. The molecule has 3 amide bonds. The van der Waals surface area contributed by atoms with Crippen LogP contribution < -0.4 is 20.7 Å². The lowest BCUT2D eigenvalue weighted by atomic mass is 9.94. The fraction of sp³-hybridized carbons (Fsp3) is 0.158. The molecule has 0 aliphatic carbocycles. The first-order valence-electron chi connectivity index (χ1n) is 8.11. The van der Waals surface area contributed by atoms with Gasteiger partial charge in [-0.25, -0.2) is 4.79 Å². The Morgan fingerprint density at radius 3 is 2.74 bits per heavy atom. The fourth-order valence-electron chi connectivity index (χ4n) is 2.88. The van der Waals surface area contributed by atoms with E-state index in [-0.39, 0.29) is 17.4 Å². The smallest absolute Gasteiger partial charge is 0.319 e. The van der Waals surface area contributed by atoms with Crippen molar-refractivity contribution in [1.82, 2.24) is 10.6 Å². The fourth-order valence-corrected chi connectivity index (χ4v) is 3.07. The zero-order valence-corrected chi connectivity index (χ0v) is 15.4. The van der Waals surface area contributed by atoms with Crippen LogP contribution in [-0.2, 0) is 4.79 Å². The van der Waals surface area contributed by atoms with Gasteiger partial charge in [-0.15, -0.1) is 0 Å². The van der Waals surface area contributed by atoms with Gasteiger partial charge in [0, 0.05) is 16.4 Å². The van der Waals surface area contributed by atoms with E-state index < -0.39 is 12.1 Å². The van der Waals surface area contributed by atoms with Gasteiger partial charge < -0.3 is 25.8 Å². The molecule has 0 saturated carbocycles. The van der Waals surface area contributed by atoms with Crippen LogP contribution in [0.5, 0.6) is 11.5 Å². The number of ether oxygens (including phenoxy) is 1. The summed E-state index contributed by atoms with van der Waals surface area (Å²) in [7, 11) is 1.42. The van der Waals surface area contributed by atoms with E-state index in [1.165, 1.54) is 13.2 Å². The zero-order chi connectivity index (χ0) is 19.6. The number of benzene rings is 2. The second-order valence-electron chi connectivity index (χ2n) is 5.97. The summed E-state index contributed by atoms with van der Waals surface area (Å²) in [6, 6.07) is 10.3. The van der Waals surface area contributed by atoms with Gasteiger partial charge in [0.25, 0.3) is 5.91 Å². The number of methoxy groups -OCH3 is 1. The highest BCUT2D eigenvalue weighted by Crippen LogP contribution is 2.33. The van der Waals surface area contributed by atoms with Gasteiger partial charge in [-0.2, -0.15) is 0 Å². The second kappa shape index (κ2) is 7.59. The molecule has 1 heterocycles. The molecule has 1 aliphatic rings. The number of halogens is 1. The van der Waals surface area contributed by atoms with Crippen LogP contribution in [0.1, 0.15) is 18.5 Å². The number of allylic oxidation sites excluding steroid dienone is 1. The molecule has 0 fully saturated rings. The van der Waals surface area contributed by atoms with Gasteiger partial charge in [0.1, 0.15) is 0 Å². The average molecular weight is 388 g/mol. The summed E-state index contributed by atoms with van der Waals surface area (Å²) in [6.07, 6.45) is 0. The van der Waals surface area contributed by atoms with Crippen LogP contribution in [0.15, 0.2) is 53.7 Å². The molecule has 7 nitrogen and oxygen atoms in total. The predicted octanol–water partition coefficient (Wildman–Crippen LogP) is 3.32. The minimum atomic E-state index is -0.715. The van der Waals surface area contributed by atoms with Crippen LogP contribution in [0.3, 0.4) is 0 Å². The Bertz CT molecular complexity index is 942. The van der Waals surface area contributed by atoms with Crippen molar-refractivity contribution >= 4 is 29.2 Å². The van der Waals surface area contributed by atoms with Crippen molar-refractivity contribution in [2.45, 2.75) is 13.0 Å². The molecular weight excluding hydrogens is 370 g/mol. The predicted molar refractivity (Wildman–Crippen MR) is 102 cm³/mol. The summed E-state index contributed by atoms with van der Waals surface area (Å²) in [5.74, 6) is -0.181. The third-order valence-electron chi connectivity index (χ3n) is 4.13. The summed E-state index contributed by atoms with van der Waals surface area (Å²) in [5.41, 5.74) is 1.89. The standard InChI is InChI=1S/C19H18ClN3O4/c1-10-16(18(25)22-13-5-3-4-12(20)9-13)17(23-19(26)21-10)11-6-7-14(24)15(8-11)27-2/h3-9,17,24H,1-2H3,(H,22,25)(H2,21,23,26)/t17-/m1/s1. The Kier molecular flexibility index (Phi) is 5.23. The van der Waals surface area contributed by atoms with Crippen LogP contribution >= 0.6 is 11.6 Å². The van der Waals surface area contributed by atoms with Crippen LogP contribution in [0, 0.1) is 0 Å². The summed E-state index contributed by atoms with van der Waals surface area (Å²) in [5, 5.41) is 18.4. The summed E-state index contributed by atoms with van der Waals surface area (Å²) in [6.45, 7) is 1.65. The number of phenolic OH excluding ortho intramolecular Hbond substituents is 1. The van der Waals surface area contributed by atoms with Crippen molar-refractivity contribution in [1.29, 1.82) is 0 Å². The number of anilines is 1. The number of carbonyl (C=O) groups is 2. The van der Waals surface area contributed by atoms with Crippen molar-refractivity contribution in [2.24, 2.45) is 0 Å². The van der Waals surface area contributed by atoms with Crippen LogP contribution in [0.2, 0.25) is 5.02 Å². The molecule has 0 radical (unpaired) electrons. The Balaban J connectivity index is 1.98. The van der Waals surface area contributed by atoms with E-state index in [9.17, 15) is 14.7 Å². The first kappa shape index (κ1) is 18.6. The summed E-state index contributed by atoms with van der Waals surface area (Å²) < 4.78 is 5.13. The third-order valence-corrected chi connectivity index (χ3v) is 4.37. The van der Waals surface area contributed by atoms with E-state index in [1.807, 2.05) is 0 Å². The van der Waals surface area contributed by atoms with Gasteiger partial charge in [0.05, 0.1) is 18.7 Å². The van der Waals surface area contributed by atoms with Gasteiger partial charge >= 0.3 is 6.03 Å². The first-order chi connectivity index (χ1) is 12.9. The number of carbonyl (C=O) groups excluding carboxylic acids is 2. The third kappa shape index (κ3) is 3.98. The Labute approximate surface area is 161 Å². The van der Waals surface area contributed by atoms with Gasteiger partial charge in [-0.3, -0.25) is 4.79 Å². The molecule has 1 aliphatic heterocycles. The Morgan fingerprint density at radius 1 is 1.26 bits per heavy atom. The molecule has 2 aromatic rings. The number of hydrogen-bond donors (Lipinski definition) is 4. The average Bonchev–Trinajstić information content (AvgIpc) is 2.61. The van der Waals surface area contributed by atoms with E-state index >= 15 is 0 Å². The number of nitrogens with one attached hydrogen (secondary N) is 3. The monoisotopic (exact) mass is 387 g/mol. The number of urea groups is 1. The maximum atomic E-state index is 12.9. The quantitative estimate of drug-likeness (QED) is 0.646. The largest absolute Gasteiger partial charge is 0.504 e. The molecule has 0 unspecified atom stereocenters. The van der Waals surface area contributed by atoms with Crippen LogP contribution in [-0.4, -0.2) is 24.2 Å². The Morgan fingerprint density at radius 2 is 2.04 bits per heavy atom. The minimum Gasteiger partial charge on any atom is -0.504 e. The number of aromatic hydroxyl groups is 1. The van der Waals surface area contributed by atoms with E-state index in [1.54, 1.807) is 43.3 Å². The topological polar surface area (TPSA) is 99.7 Å².